The molecule has 1 aromatic rings. The lowest BCUT2D eigenvalue weighted by Crippen LogP contribution is -2.39. The summed E-state index contributed by atoms with van der Waals surface area (Å²) < 4.78 is 5.03. The Balaban J connectivity index is 1.99. The third-order valence-corrected chi connectivity index (χ3v) is 3.82. The van der Waals surface area contributed by atoms with Gasteiger partial charge in [-0.1, -0.05) is 43.3 Å². The van der Waals surface area contributed by atoms with Gasteiger partial charge < -0.3 is 9.53 Å². The van der Waals surface area contributed by atoms with Crippen molar-refractivity contribution in [3.8, 4) is 0 Å². The fraction of sp³-hybridized carbons (Fsp3) is 0.389. The van der Waals surface area contributed by atoms with E-state index in [2.05, 4.69) is 0 Å². The standard InChI is InChI=1S/C18H21NO4/c1-14(6-5-11-20)9-10-17(21)19-16(13-23-18(19)22)12-15-7-3-2-4-8-15/h2-4,7-11,14,16H,5-6,12-13H2,1H3/b10-9+/t14-,16-/m0/s1. The first kappa shape index (κ1) is 16.9. The van der Waals surface area contributed by atoms with Crippen LogP contribution in [0.15, 0.2) is 42.5 Å². The molecule has 1 aromatic carbocycles. The zero-order valence-electron chi connectivity index (χ0n) is 13.2. The number of ether oxygens (including phenoxy) is 1. The van der Waals surface area contributed by atoms with E-state index in [0.29, 0.717) is 19.3 Å². The molecule has 0 unspecified atom stereocenters. The van der Waals surface area contributed by atoms with E-state index >= 15 is 0 Å². The molecule has 1 aliphatic heterocycles. The summed E-state index contributed by atoms with van der Waals surface area (Å²) in [6, 6.07) is 9.41. The molecule has 23 heavy (non-hydrogen) atoms. The lowest BCUT2D eigenvalue weighted by Gasteiger charge is -2.18. The summed E-state index contributed by atoms with van der Waals surface area (Å²) in [5, 5.41) is 0. The van der Waals surface area contributed by atoms with E-state index in [-0.39, 0.29) is 24.5 Å². The molecule has 1 saturated heterocycles. The lowest BCUT2D eigenvalue weighted by atomic mass is 10.0. The Morgan fingerprint density at radius 3 is 2.83 bits per heavy atom. The van der Waals surface area contributed by atoms with Gasteiger partial charge in [-0.3, -0.25) is 4.79 Å². The van der Waals surface area contributed by atoms with Crippen LogP contribution in [0.2, 0.25) is 0 Å². The smallest absolute Gasteiger partial charge is 0.417 e. The Labute approximate surface area is 135 Å². The molecule has 5 heteroatoms. The summed E-state index contributed by atoms with van der Waals surface area (Å²) in [4.78, 5) is 35.7. The van der Waals surface area contributed by atoms with Gasteiger partial charge in [0.25, 0.3) is 5.91 Å². The molecule has 5 nitrogen and oxygen atoms in total. The normalized spacial score (nSPS) is 18.9. The molecule has 0 aliphatic carbocycles. The van der Waals surface area contributed by atoms with E-state index in [4.69, 9.17) is 4.74 Å². The summed E-state index contributed by atoms with van der Waals surface area (Å²) >= 11 is 0. The van der Waals surface area contributed by atoms with Crippen LogP contribution in [-0.2, 0) is 20.7 Å². The first-order valence-corrected chi connectivity index (χ1v) is 7.77. The molecule has 122 valence electrons. The van der Waals surface area contributed by atoms with Gasteiger partial charge in [0.1, 0.15) is 12.9 Å². The number of carbonyl (C=O) groups is 3. The Morgan fingerprint density at radius 2 is 2.13 bits per heavy atom. The van der Waals surface area contributed by atoms with Gasteiger partial charge in [0.05, 0.1) is 6.04 Å². The number of imide groups is 1. The zero-order valence-corrected chi connectivity index (χ0v) is 13.2. The average molecular weight is 315 g/mol. The van der Waals surface area contributed by atoms with Crippen LogP contribution in [0.3, 0.4) is 0 Å². The van der Waals surface area contributed by atoms with Crippen molar-refractivity contribution in [3.05, 3.63) is 48.0 Å². The Kier molecular flexibility index (Phi) is 6.09. The van der Waals surface area contributed by atoms with E-state index in [1.165, 1.54) is 11.0 Å². The molecule has 1 heterocycles. The van der Waals surface area contributed by atoms with E-state index in [9.17, 15) is 14.4 Å². The van der Waals surface area contributed by atoms with Crippen molar-refractivity contribution >= 4 is 18.3 Å². The van der Waals surface area contributed by atoms with Crippen molar-refractivity contribution in [1.29, 1.82) is 0 Å². The molecular weight excluding hydrogens is 294 g/mol. The van der Waals surface area contributed by atoms with Gasteiger partial charge in [0.2, 0.25) is 0 Å². The average Bonchev–Trinajstić information content (AvgIpc) is 2.92. The van der Waals surface area contributed by atoms with Crippen LogP contribution in [0.5, 0.6) is 0 Å². The first-order valence-electron chi connectivity index (χ1n) is 7.77. The van der Waals surface area contributed by atoms with Crippen LogP contribution >= 0.6 is 0 Å². The lowest BCUT2D eigenvalue weighted by molar-refractivity contribution is -0.124. The number of rotatable bonds is 7. The third-order valence-electron chi connectivity index (χ3n) is 3.82. The van der Waals surface area contributed by atoms with Crippen LogP contribution in [0.25, 0.3) is 0 Å². The second-order valence-electron chi connectivity index (χ2n) is 5.71. The maximum absolute atomic E-state index is 12.3. The third kappa shape index (κ3) is 4.77. The molecule has 0 N–H and O–H groups in total. The number of cyclic esters (lactones) is 1. The number of hydrogen-bond acceptors (Lipinski definition) is 4. The van der Waals surface area contributed by atoms with Gasteiger partial charge >= 0.3 is 6.09 Å². The zero-order chi connectivity index (χ0) is 16.7. The van der Waals surface area contributed by atoms with Gasteiger partial charge in [-0.15, -0.1) is 0 Å². The maximum Gasteiger partial charge on any atom is 0.417 e. The van der Waals surface area contributed by atoms with Crippen molar-refractivity contribution in [1.82, 2.24) is 4.90 Å². The molecule has 0 radical (unpaired) electrons. The van der Waals surface area contributed by atoms with Crippen LogP contribution in [0.1, 0.15) is 25.3 Å². The molecule has 0 aromatic heterocycles. The highest BCUT2D eigenvalue weighted by atomic mass is 16.6. The molecule has 2 amide bonds. The molecule has 1 aliphatic rings. The van der Waals surface area contributed by atoms with Crippen molar-refractivity contribution in [2.45, 2.75) is 32.2 Å². The van der Waals surface area contributed by atoms with Crippen molar-refractivity contribution in [2.75, 3.05) is 6.61 Å². The van der Waals surface area contributed by atoms with Gasteiger partial charge in [-0.25, -0.2) is 9.69 Å². The highest BCUT2D eigenvalue weighted by Gasteiger charge is 2.36. The van der Waals surface area contributed by atoms with E-state index in [1.807, 2.05) is 37.3 Å². The number of allylic oxidation sites excluding steroid dienone is 1. The minimum absolute atomic E-state index is 0.107. The fourth-order valence-electron chi connectivity index (χ4n) is 2.52. The fourth-order valence-corrected chi connectivity index (χ4v) is 2.52. The van der Waals surface area contributed by atoms with E-state index in [1.54, 1.807) is 6.08 Å². The van der Waals surface area contributed by atoms with Gasteiger partial charge in [-0.2, -0.15) is 0 Å². The number of aldehydes is 1. The second kappa shape index (κ2) is 8.27. The SMILES string of the molecule is C[C@H](/C=C/C(=O)N1C(=O)OC[C@@H]1Cc1ccccc1)CCC=O. The second-order valence-corrected chi connectivity index (χ2v) is 5.71. The van der Waals surface area contributed by atoms with Gasteiger partial charge in [0, 0.05) is 6.42 Å². The first-order chi connectivity index (χ1) is 11.1. The summed E-state index contributed by atoms with van der Waals surface area (Å²) in [5.41, 5.74) is 1.05. The Morgan fingerprint density at radius 1 is 1.39 bits per heavy atom. The van der Waals surface area contributed by atoms with Crippen LogP contribution < -0.4 is 0 Å². The van der Waals surface area contributed by atoms with E-state index < -0.39 is 6.09 Å². The predicted molar refractivity (Wildman–Crippen MR) is 85.7 cm³/mol. The van der Waals surface area contributed by atoms with Gasteiger partial charge in [-0.05, 0) is 30.4 Å². The quantitative estimate of drug-likeness (QED) is 0.573. The number of nitrogens with zero attached hydrogens (tertiary/aromatic N) is 1. The van der Waals surface area contributed by atoms with Crippen LogP contribution in [0.4, 0.5) is 4.79 Å². The summed E-state index contributed by atoms with van der Waals surface area (Å²) in [6.45, 7) is 2.14. The van der Waals surface area contributed by atoms with Crippen LogP contribution in [0, 0.1) is 5.92 Å². The number of carbonyl (C=O) groups excluding carboxylic acids is 3. The van der Waals surface area contributed by atoms with Crippen molar-refractivity contribution in [2.24, 2.45) is 5.92 Å². The maximum atomic E-state index is 12.3. The molecule has 0 spiro atoms. The topological polar surface area (TPSA) is 63.7 Å². The highest BCUT2D eigenvalue weighted by Crippen LogP contribution is 2.18. The van der Waals surface area contributed by atoms with Gasteiger partial charge in [0.15, 0.2) is 0 Å². The van der Waals surface area contributed by atoms with Crippen LogP contribution in [-0.4, -0.2) is 35.8 Å². The monoisotopic (exact) mass is 315 g/mol. The highest BCUT2D eigenvalue weighted by molar-refractivity contribution is 5.99. The summed E-state index contributed by atoms with van der Waals surface area (Å²) in [7, 11) is 0. The molecule has 0 bridgehead atoms. The minimum atomic E-state index is -0.596. The molecule has 1 fully saturated rings. The summed E-state index contributed by atoms with van der Waals surface area (Å²) in [5.74, 6) is -0.262. The Bertz CT molecular complexity index is 582. The summed E-state index contributed by atoms with van der Waals surface area (Å²) in [6.07, 6.45) is 5.12. The Hall–Kier alpha value is -2.43. The molecular formula is C18H21NO4. The van der Waals surface area contributed by atoms with Crippen molar-refractivity contribution in [3.63, 3.8) is 0 Å². The minimum Gasteiger partial charge on any atom is -0.447 e. The molecule has 2 rings (SSSR count). The number of benzene rings is 1. The molecule has 2 atom stereocenters. The predicted octanol–water partition coefficient (Wildman–Crippen LogP) is 2.75. The number of amides is 2. The largest absolute Gasteiger partial charge is 0.447 e. The number of hydrogen-bond donors (Lipinski definition) is 0. The molecule has 0 saturated carbocycles. The van der Waals surface area contributed by atoms with Crippen molar-refractivity contribution < 1.29 is 19.1 Å². The van der Waals surface area contributed by atoms with E-state index in [0.717, 1.165) is 11.8 Å².